The number of Topliss-reactive ketones (excluding diaryl/α,β-unsaturated/α-hetero) is 1. The first kappa shape index (κ1) is 16.4. The maximum atomic E-state index is 12.9. The molecule has 0 unspecified atom stereocenters. The van der Waals surface area contributed by atoms with Crippen LogP contribution < -0.4 is 0 Å². The van der Waals surface area contributed by atoms with Crippen LogP contribution >= 0.6 is 11.6 Å². The molecule has 1 aromatic heterocycles. The first-order chi connectivity index (χ1) is 11.4. The van der Waals surface area contributed by atoms with Gasteiger partial charge in [0.1, 0.15) is 5.82 Å². The Balaban J connectivity index is 2.04. The lowest BCUT2D eigenvalue weighted by Crippen LogP contribution is -2.32. The van der Waals surface area contributed by atoms with Gasteiger partial charge in [0.25, 0.3) is 0 Å². The molecule has 0 saturated heterocycles. The van der Waals surface area contributed by atoms with Crippen molar-refractivity contribution in [3.8, 4) is 11.4 Å². The van der Waals surface area contributed by atoms with E-state index in [1.807, 2.05) is 80.1 Å². The molecule has 3 rings (SSSR count). The van der Waals surface area contributed by atoms with Crippen LogP contribution in [0.3, 0.4) is 0 Å². The zero-order chi connectivity index (χ0) is 17.3. The van der Waals surface area contributed by atoms with Gasteiger partial charge in [-0.1, -0.05) is 54.1 Å². The molecule has 3 aromatic rings. The van der Waals surface area contributed by atoms with Crippen molar-refractivity contribution in [2.45, 2.75) is 19.3 Å². The highest BCUT2D eigenvalue weighted by atomic mass is 35.5. The van der Waals surface area contributed by atoms with Crippen molar-refractivity contribution in [1.82, 2.24) is 14.8 Å². The Morgan fingerprint density at radius 3 is 2.29 bits per heavy atom. The van der Waals surface area contributed by atoms with Gasteiger partial charge in [-0.2, -0.15) is 0 Å². The molecular formula is C19H18ClN3O. The van der Waals surface area contributed by atoms with Gasteiger partial charge in [-0.3, -0.25) is 4.79 Å². The third kappa shape index (κ3) is 2.74. The van der Waals surface area contributed by atoms with Gasteiger partial charge in [0.15, 0.2) is 11.6 Å². The molecule has 1 heterocycles. The van der Waals surface area contributed by atoms with Crippen LogP contribution in [0.2, 0.25) is 5.02 Å². The van der Waals surface area contributed by atoms with E-state index in [0.717, 1.165) is 5.56 Å². The summed E-state index contributed by atoms with van der Waals surface area (Å²) in [5.41, 5.74) is 0.649. The third-order valence-corrected chi connectivity index (χ3v) is 4.48. The van der Waals surface area contributed by atoms with Crippen molar-refractivity contribution in [1.29, 1.82) is 0 Å². The van der Waals surface area contributed by atoms with Crippen LogP contribution in [0.25, 0.3) is 11.4 Å². The lowest BCUT2D eigenvalue weighted by atomic mass is 9.83. The maximum Gasteiger partial charge on any atom is 0.176 e. The lowest BCUT2D eigenvalue weighted by molar-refractivity contribution is 0.0900. The molecule has 4 nitrogen and oxygen atoms in total. The van der Waals surface area contributed by atoms with E-state index in [9.17, 15) is 4.79 Å². The van der Waals surface area contributed by atoms with E-state index in [4.69, 9.17) is 11.6 Å². The molecule has 122 valence electrons. The zero-order valence-electron chi connectivity index (χ0n) is 13.8. The molecule has 0 aliphatic carbocycles. The Morgan fingerprint density at radius 1 is 1.00 bits per heavy atom. The highest BCUT2D eigenvalue weighted by molar-refractivity contribution is 6.33. The van der Waals surface area contributed by atoms with E-state index in [1.165, 1.54) is 0 Å². The summed E-state index contributed by atoms with van der Waals surface area (Å²) in [5.74, 6) is 1.25. The standard InChI is InChI=1S/C19H18ClN3O/c1-19(2,16(24)13-9-5-4-6-10-13)18-22-21-17(23(18)3)14-11-7-8-12-15(14)20/h4-12H,1-3H3. The van der Waals surface area contributed by atoms with Crippen LogP contribution in [-0.2, 0) is 12.5 Å². The van der Waals surface area contributed by atoms with Gasteiger partial charge >= 0.3 is 0 Å². The Kier molecular flexibility index (Phi) is 4.24. The van der Waals surface area contributed by atoms with Gasteiger partial charge < -0.3 is 4.57 Å². The summed E-state index contributed by atoms with van der Waals surface area (Å²) in [6.45, 7) is 3.73. The molecule has 0 aliphatic rings. The van der Waals surface area contributed by atoms with E-state index >= 15 is 0 Å². The number of hydrogen-bond donors (Lipinski definition) is 0. The van der Waals surface area contributed by atoms with Crippen molar-refractivity contribution in [3.63, 3.8) is 0 Å². The van der Waals surface area contributed by atoms with Gasteiger partial charge in [0, 0.05) is 18.2 Å². The Bertz CT molecular complexity index is 885. The fourth-order valence-corrected chi connectivity index (χ4v) is 3.02. The van der Waals surface area contributed by atoms with E-state index in [2.05, 4.69) is 10.2 Å². The smallest absolute Gasteiger partial charge is 0.176 e. The first-order valence-corrected chi connectivity index (χ1v) is 8.05. The molecule has 0 N–H and O–H groups in total. The minimum absolute atomic E-state index is 0.00399. The summed E-state index contributed by atoms with van der Waals surface area (Å²) in [7, 11) is 1.86. The van der Waals surface area contributed by atoms with Crippen molar-refractivity contribution in [3.05, 3.63) is 71.0 Å². The molecule has 2 aromatic carbocycles. The van der Waals surface area contributed by atoms with E-state index in [0.29, 0.717) is 22.2 Å². The Morgan fingerprint density at radius 2 is 1.62 bits per heavy atom. The van der Waals surface area contributed by atoms with Crippen LogP contribution in [0.5, 0.6) is 0 Å². The predicted molar refractivity (Wildman–Crippen MR) is 95.2 cm³/mol. The second-order valence-electron chi connectivity index (χ2n) is 6.21. The van der Waals surface area contributed by atoms with Crippen molar-refractivity contribution in [2.75, 3.05) is 0 Å². The van der Waals surface area contributed by atoms with Crippen LogP contribution in [-0.4, -0.2) is 20.5 Å². The van der Waals surface area contributed by atoms with E-state index in [1.54, 1.807) is 0 Å². The highest BCUT2D eigenvalue weighted by Crippen LogP contribution is 2.31. The summed E-state index contributed by atoms with van der Waals surface area (Å²) in [4.78, 5) is 12.9. The average molecular weight is 340 g/mol. The van der Waals surface area contributed by atoms with Crippen LogP contribution in [0, 0.1) is 0 Å². The predicted octanol–water partition coefficient (Wildman–Crippen LogP) is 4.30. The summed E-state index contributed by atoms with van der Waals surface area (Å²) >= 11 is 6.26. The second-order valence-corrected chi connectivity index (χ2v) is 6.61. The summed E-state index contributed by atoms with van der Waals surface area (Å²) in [5, 5.41) is 9.15. The summed E-state index contributed by atoms with van der Waals surface area (Å²) in [6.07, 6.45) is 0. The average Bonchev–Trinajstić information content (AvgIpc) is 2.97. The quantitative estimate of drug-likeness (QED) is 0.666. The van der Waals surface area contributed by atoms with Gasteiger partial charge in [-0.15, -0.1) is 10.2 Å². The fourth-order valence-electron chi connectivity index (χ4n) is 2.80. The Hall–Kier alpha value is -2.46. The van der Waals surface area contributed by atoms with Crippen LogP contribution in [0.15, 0.2) is 54.6 Å². The Labute approximate surface area is 146 Å². The molecule has 0 fully saturated rings. The largest absolute Gasteiger partial charge is 0.313 e. The number of aromatic nitrogens is 3. The number of ketones is 1. The van der Waals surface area contributed by atoms with Gasteiger partial charge in [0.05, 0.1) is 10.4 Å². The molecular weight excluding hydrogens is 322 g/mol. The number of nitrogens with zero attached hydrogens (tertiary/aromatic N) is 3. The van der Waals surface area contributed by atoms with Gasteiger partial charge in [-0.05, 0) is 26.0 Å². The normalized spacial score (nSPS) is 11.5. The molecule has 0 aliphatic heterocycles. The van der Waals surface area contributed by atoms with Crippen molar-refractivity contribution >= 4 is 17.4 Å². The third-order valence-electron chi connectivity index (χ3n) is 4.15. The number of benzene rings is 2. The topological polar surface area (TPSA) is 47.8 Å². The minimum atomic E-state index is -0.803. The summed E-state index contributed by atoms with van der Waals surface area (Å²) in [6, 6.07) is 16.7. The zero-order valence-corrected chi connectivity index (χ0v) is 14.6. The van der Waals surface area contributed by atoms with Gasteiger partial charge in [-0.25, -0.2) is 0 Å². The first-order valence-electron chi connectivity index (χ1n) is 7.67. The van der Waals surface area contributed by atoms with E-state index < -0.39 is 5.41 Å². The molecule has 0 bridgehead atoms. The molecule has 0 spiro atoms. The molecule has 0 amide bonds. The van der Waals surface area contributed by atoms with E-state index in [-0.39, 0.29) is 5.78 Å². The monoisotopic (exact) mass is 339 g/mol. The second kappa shape index (κ2) is 6.21. The summed E-state index contributed by atoms with van der Waals surface area (Å²) < 4.78 is 1.84. The lowest BCUT2D eigenvalue weighted by Gasteiger charge is -2.22. The number of halogens is 1. The number of carbonyl (C=O) groups excluding carboxylic acids is 1. The fraction of sp³-hybridized carbons (Fsp3) is 0.211. The number of rotatable bonds is 4. The number of hydrogen-bond acceptors (Lipinski definition) is 3. The highest BCUT2D eigenvalue weighted by Gasteiger charge is 2.36. The number of carbonyl (C=O) groups is 1. The molecule has 5 heteroatoms. The van der Waals surface area contributed by atoms with Crippen molar-refractivity contribution in [2.24, 2.45) is 7.05 Å². The van der Waals surface area contributed by atoms with Crippen LogP contribution in [0.4, 0.5) is 0 Å². The molecule has 0 radical (unpaired) electrons. The molecule has 24 heavy (non-hydrogen) atoms. The maximum absolute atomic E-state index is 12.9. The molecule has 0 atom stereocenters. The van der Waals surface area contributed by atoms with Gasteiger partial charge in [0.2, 0.25) is 0 Å². The SMILES string of the molecule is Cn1c(-c2ccccc2Cl)nnc1C(C)(C)C(=O)c1ccccc1. The van der Waals surface area contributed by atoms with Crippen molar-refractivity contribution < 1.29 is 4.79 Å². The minimum Gasteiger partial charge on any atom is -0.313 e. The van der Waals surface area contributed by atoms with Crippen LogP contribution in [0.1, 0.15) is 30.0 Å². The molecule has 0 saturated carbocycles.